The Hall–Kier alpha value is -3.33. The predicted octanol–water partition coefficient (Wildman–Crippen LogP) is 5.31. The molecule has 132 valence electrons. The number of aryl methyl sites for hydroxylation is 1. The highest BCUT2D eigenvalue weighted by atomic mass is 16.5. The van der Waals surface area contributed by atoms with Gasteiger partial charge in [0.1, 0.15) is 5.75 Å². The quantitative estimate of drug-likeness (QED) is 0.499. The van der Waals surface area contributed by atoms with Crippen LogP contribution in [0.15, 0.2) is 78.9 Å². The van der Waals surface area contributed by atoms with Crippen molar-refractivity contribution in [1.29, 1.82) is 0 Å². The molecule has 0 aliphatic heterocycles. The summed E-state index contributed by atoms with van der Waals surface area (Å²) in [6.45, 7) is 0. The van der Waals surface area contributed by atoms with E-state index < -0.39 is 0 Å². The number of benzene rings is 3. The Morgan fingerprint density at radius 2 is 1.56 bits per heavy atom. The number of nitrogens with zero attached hydrogens (tertiary/aromatic N) is 2. The molecule has 0 saturated carbocycles. The summed E-state index contributed by atoms with van der Waals surface area (Å²) in [6, 6.07) is 27.3. The van der Waals surface area contributed by atoms with Crippen LogP contribution in [0.5, 0.6) is 5.75 Å². The molecule has 3 aromatic carbocycles. The van der Waals surface area contributed by atoms with E-state index in [0.29, 0.717) is 0 Å². The molecule has 27 heavy (non-hydrogen) atoms. The molecule has 1 heterocycles. The fraction of sp³-hybridized carbons (Fsp3) is 0.125. The molecule has 3 nitrogen and oxygen atoms in total. The Bertz CT molecular complexity index is 1100. The average molecular weight is 352 g/mol. The summed E-state index contributed by atoms with van der Waals surface area (Å²) in [7, 11) is 1.70. The van der Waals surface area contributed by atoms with Gasteiger partial charge in [-0.25, -0.2) is 4.68 Å². The van der Waals surface area contributed by atoms with Gasteiger partial charge in [-0.2, -0.15) is 5.10 Å². The molecule has 4 aromatic rings. The Kier molecular flexibility index (Phi) is 3.79. The first-order chi connectivity index (χ1) is 13.3. The number of rotatable bonds is 3. The molecule has 0 saturated heterocycles. The van der Waals surface area contributed by atoms with Crippen LogP contribution in [0.1, 0.15) is 11.1 Å². The molecule has 0 bridgehead atoms. The standard InChI is InChI=1S/C24H20N2O/c1-27-20-14-11-18(12-15-20)24-22-16-13-17-7-5-6-10-21(17)23(22)25-26(24)19-8-3-2-4-9-19/h2-12,14-15H,13,16H2,1H3. The second-order valence-corrected chi connectivity index (χ2v) is 6.81. The molecule has 0 spiro atoms. The van der Waals surface area contributed by atoms with Crippen molar-refractivity contribution in [3.05, 3.63) is 90.0 Å². The number of para-hydroxylation sites is 1. The fourth-order valence-corrected chi connectivity index (χ4v) is 3.93. The van der Waals surface area contributed by atoms with Gasteiger partial charge in [-0.15, -0.1) is 0 Å². The molecule has 1 aliphatic rings. The monoisotopic (exact) mass is 352 g/mol. The summed E-state index contributed by atoms with van der Waals surface area (Å²) >= 11 is 0. The van der Waals surface area contributed by atoms with Gasteiger partial charge in [0.2, 0.25) is 0 Å². The summed E-state index contributed by atoms with van der Waals surface area (Å²) in [5.74, 6) is 0.865. The smallest absolute Gasteiger partial charge is 0.118 e. The zero-order valence-corrected chi connectivity index (χ0v) is 15.2. The van der Waals surface area contributed by atoms with Gasteiger partial charge in [0.25, 0.3) is 0 Å². The molecule has 1 aliphatic carbocycles. The molecular weight excluding hydrogens is 332 g/mol. The van der Waals surface area contributed by atoms with Crippen LogP contribution in [0, 0.1) is 0 Å². The number of aromatic nitrogens is 2. The van der Waals surface area contributed by atoms with Crippen LogP contribution in [-0.4, -0.2) is 16.9 Å². The highest BCUT2D eigenvalue weighted by Crippen LogP contribution is 2.39. The van der Waals surface area contributed by atoms with Crippen molar-refractivity contribution in [3.8, 4) is 34.0 Å². The van der Waals surface area contributed by atoms with Crippen molar-refractivity contribution in [1.82, 2.24) is 9.78 Å². The fourth-order valence-electron chi connectivity index (χ4n) is 3.93. The van der Waals surface area contributed by atoms with Crippen LogP contribution in [0.3, 0.4) is 0 Å². The first-order valence-electron chi connectivity index (χ1n) is 9.25. The maximum absolute atomic E-state index is 5.34. The molecule has 0 N–H and O–H groups in total. The third-order valence-corrected chi connectivity index (χ3v) is 5.26. The number of ether oxygens (including phenoxy) is 1. The second-order valence-electron chi connectivity index (χ2n) is 6.81. The lowest BCUT2D eigenvalue weighted by molar-refractivity contribution is 0.415. The number of hydrogen-bond acceptors (Lipinski definition) is 2. The van der Waals surface area contributed by atoms with Gasteiger partial charge in [-0.3, -0.25) is 0 Å². The van der Waals surface area contributed by atoms with E-state index in [-0.39, 0.29) is 0 Å². The molecule has 0 atom stereocenters. The van der Waals surface area contributed by atoms with E-state index in [0.717, 1.165) is 35.5 Å². The van der Waals surface area contributed by atoms with Crippen molar-refractivity contribution in [2.45, 2.75) is 12.8 Å². The summed E-state index contributed by atoms with van der Waals surface area (Å²) in [6.07, 6.45) is 2.05. The Morgan fingerprint density at radius 1 is 0.815 bits per heavy atom. The van der Waals surface area contributed by atoms with Gasteiger partial charge in [0.05, 0.1) is 24.2 Å². The molecule has 0 amide bonds. The lowest BCUT2D eigenvalue weighted by atomic mass is 9.88. The summed E-state index contributed by atoms with van der Waals surface area (Å²) in [4.78, 5) is 0. The minimum absolute atomic E-state index is 0.865. The third-order valence-electron chi connectivity index (χ3n) is 5.26. The van der Waals surface area contributed by atoms with Crippen LogP contribution < -0.4 is 4.74 Å². The molecular formula is C24H20N2O. The third kappa shape index (κ3) is 2.63. The molecule has 0 unspecified atom stereocenters. The SMILES string of the molecule is COc1ccc(-c2c3c(nn2-c2ccccc2)-c2ccccc2CC3)cc1. The minimum atomic E-state index is 0.865. The van der Waals surface area contributed by atoms with E-state index in [1.807, 2.05) is 18.2 Å². The lowest BCUT2D eigenvalue weighted by Crippen LogP contribution is -2.03. The van der Waals surface area contributed by atoms with Crippen molar-refractivity contribution < 1.29 is 4.74 Å². The van der Waals surface area contributed by atoms with E-state index in [9.17, 15) is 0 Å². The molecule has 5 rings (SSSR count). The van der Waals surface area contributed by atoms with E-state index >= 15 is 0 Å². The Labute approximate surface area is 158 Å². The summed E-state index contributed by atoms with van der Waals surface area (Å²) < 4.78 is 7.43. The number of hydrogen-bond donors (Lipinski definition) is 0. The summed E-state index contributed by atoms with van der Waals surface area (Å²) in [5.41, 5.74) is 8.47. The molecule has 0 fully saturated rings. The van der Waals surface area contributed by atoms with Crippen LogP contribution >= 0.6 is 0 Å². The number of methoxy groups -OCH3 is 1. The van der Waals surface area contributed by atoms with Gasteiger partial charge >= 0.3 is 0 Å². The Balaban J connectivity index is 1.77. The normalized spacial score (nSPS) is 12.3. The molecule has 1 aromatic heterocycles. The predicted molar refractivity (Wildman–Crippen MR) is 108 cm³/mol. The highest BCUT2D eigenvalue weighted by molar-refractivity contribution is 5.79. The molecule has 0 radical (unpaired) electrons. The van der Waals surface area contributed by atoms with Crippen LogP contribution in [-0.2, 0) is 12.8 Å². The van der Waals surface area contributed by atoms with Crippen LogP contribution in [0.4, 0.5) is 0 Å². The van der Waals surface area contributed by atoms with Gasteiger partial charge in [0, 0.05) is 16.7 Å². The van der Waals surface area contributed by atoms with Gasteiger partial charge in [0.15, 0.2) is 0 Å². The van der Waals surface area contributed by atoms with E-state index in [2.05, 4.69) is 65.3 Å². The van der Waals surface area contributed by atoms with Crippen molar-refractivity contribution >= 4 is 0 Å². The van der Waals surface area contributed by atoms with Crippen molar-refractivity contribution in [2.75, 3.05) is 7.11 Å². The van der Waals surface area contributed by atoms with E-state index in [1.54, 1.807) is 7.11 Å². The van der Waals surface area contributed by atoms with Crippen LogP contribution in [0.25, 0.3) is 28.2 Å². The molecule has 3 heteroatoms. The van der Waals surface area contributed by atoms with Gasteiger partial charge in [-0.1, -0.05) is 42.5 Å². The highest BCUT2D eigenvalue weighted by Gasteiger charge is 2.25. The van der Waals surface area contributed by atoms with Crippen molar-refractivity contribution in [3.63, 3.8) is 0 Å². The Morgan fingerprint density at radius 3 is 2.33 bits per heavy atom. The zero-order valence-electron chi connectivity index (χ0n) is 15.2. The maximum atomic E-state index is 5.34. The van der Waals surface area contributed by atoms with Crippen LogP contribution in [0.2, 0.25) is 0 Å². The number of fused-ring (bicyclic) bond motifs is 3. The first-order valence-corrected chi connectivity index (χ1v) is 9.25. The summed E-state index contributed by atoms with van der Waals surface area (Å²) in [5, 5.41) is 5.07. The zero-order chi connectivity index (χ0) is 18.2. The second kappa shape index (κ2) is 6.44. The minimum Gasteiger partial charge on any atom is -0.497 e. The van der Waals surface area contributed by atoms with Gasteiger partial charge < -0.3 is 4.74 Å². The maximum Gasteiger partial charge on any atom is 0.118 e. The lowest BCUT2D eigenvalue weighted by Gasteiger charge is -2.16. The largest absolute Gasteiger partial charge is 0.497 e. The first kappa shape index (κ1) is 15.9. The van der Waals surface area contributed by atoms with E-state index in [1.165, 1.54) is 22.4 Å². The van der Waals surface area contributed by atoms with Gasteiger partial charge in [-0.05, 0) is 54.8 Å². The van der Waals surface area contributed by atoms with E-state index in [4.69, 9.17) is 9.84 Å². The van der Waals surface area contributed by atoms with Crippen molar-refractivity contribution in [2.24, 2.45) is 0 Å². The average Bonchev–Trinajstić information content (AvgIpc) is 3.14. The topological polar surface area (TPSA) is 27.1 Å².